The maximum atomic E-state index is 12.2. The van der Waals surface area contributed by atoms with Crippen LogP contribution in [0.5, 0.6) is 0 Å². The third-order valence-electron chi connectivity index (χ3n) is 4.24. The Hall–Kier alpha value is -1.20. The number of hydrogen-bond donors (Lipinski definition) is 2. The number of anilines is 1. The van der Waals surface area contributed by atoms with Gasteiger partial charge in [-0.25, -0.2) is 4.79 Å². The molecule has 1 heterocycles. The third kappa shape index (κ3) is 4.40. The van der Waals surface area contributed by atoms with E-state index in [1.807, 2.05) is 30.0 Å². The molecule has 5 heteroatoms. The van der Waals surface area contributed by atoms with Crippen LogP contribution in [0.3, 0.4) is 0 Å². The summed E-state index contributed by atoms with van der Waals surface area (Å²) >= 11 is 1.83. The van der Waals surface area contributed by atoms with Crippen LogP contribution in [0.15, 0.2) is 24.3 Å². The lowest BCUT2D eigenvalue weighted by molar-refractivity contribution is 0.0778. The molecule has 0 aliphatic carbocycles. The van der Waals surface area contributed by atoms with Gasteiger partial charge in [-0.05, 0) is 36.6 Å². The summed E-state index contributed by atoms with van der Waals surface area (Å²) in [5.41, 5.74) is 2.04. The molecule has 22 heavy (non-hydrogen) atoms. The van der Waals surface area contributed by atoms with Gasteiger partial charge in [0.2, 0.25) is 0 Å². The minimum absolute atomic E-state index is 0.104. The molecule has 1 fully saturated rings. The molecule has 0 bridgehead atoms. The lowest BCUT2D eigenvalue weighted by atomic mass is 9.99. The smallest absolute Gasteiger partial charge is 0.319 e. The minimum Gasteiger partial charge on any atom is -0.381 e. The summed E-state index contributed by atoms with van der Waals surface area (Å²) < 4.78 is 5.53. The molecule has 0 aromatic heterocycles. The van der Waals surface area contributed by atoms with Crippen molar-refractivity contribution >= 4 is 23.5 Å². The Morgan fingerprint density at radius 3 is 2.64 bits per heavy atom. The van der Waals surface area contributed by atoms with Gasteiger partial charge in [0, 0.05) is 30.2 Å². The van der Waals surface area contributed by atoms with E-state index in [1.54, 1.807) is 0 Å². The van der Waals surface area contributed by atoms with Gasteiger partial charge in [-0.3, -0.25) is 0 Å². The quantitative estimate of drug-likeness (QED) is 0.866. The number of amides is 2. The Labute approximate surface area is 137 Å². The molecule has 122 valence electrons. The highest BCUT2D eigenvalue weighted by Crippen LogP contribution is 2.33. The van der Waals surface area contributed by atoms with Crippen LogP contribution < -0.4 is 10.6 Å². The SMILES string of the molecule is CSC1(CNC(=O)Nc2ccccc2C(C)C)CCOCC1. The van der Waals surface area contributed by atoms with Crippen LogP contribution >= 0.6 is 11.8 Å². The minimum atomic E-state index is -0.131. The van der Waals surface area contributed by atoms with E-state index >= 15 is 0 Å². The molecule has 0 radical (unpaired) electrons. The first-order chi connectivity index (χ1) is 10.6. The predicted octanol–water partition coefficient (Wildman–Crippen LogP) is 3.84. The zero-order chi connectivity index (χ0) is 16.0. The number of benzene rings is 1. The maximum Gasteiger partial charge on any atom is 0.319 e. The van der Waals surface area contributed by atoms with Gasteiger partial charge in [-0.15, -0.1) is 0 Å². The molecule has 2 N–H and O–H groups in total. The van der Waals surface area contributed by atoms with Crippen LogP contribution in [0.2, 0.25) is 0 Å². The number of carbonyl (C=O) groups excluding carboxylic acids is 1. The van der Waals surface area contributed by atoms with Gasteiger partial charge in [-0.2, -0.15) is 11.8 Å². The van der Waals surface area contributed by atoms with Crippen LogP contribution in [-0.4, -0.2) is 36.8 Å². The van der Waals surface area contributed by atoms with Gasteiger partial charge in [0.1, 0.15) is 0 Å². The summed E-state index contributed by atoms with van der Waals surface area (Å²) in [5, 5.41) is 6.01. The van der Waals surface area contributed by atoms with Gasteiger partial charge in [-0.1, -0.05) is 32.0 Å². The Morgan fingerprint density at radius 1 is 1.32 bits per heavy atom. The number of carbonyl (C=O) groups is 1. The lowest BCUT2D eigenvalue weighted by Gasteiger charge is -2.35. The fraction of sp³-hybridized carbons (Fsp3) is 0.588. The second kappa shape index (κ2) is 7.88. The second-order valence-corrected chi connectivity index (χ2v) is 7.32. The Balaban J connectivity index is 1.93. The molecule has 1 aromatic carbocycles. The molecule has 0 unspecified atom stereocenters. The molecule has 2 rings (SSSR count). The lowest BCUT2D eigenvalue weighted by Crippen LogP contribution is -2.45. The summed E-state index contributed by atoms with van der Waals surface area (Å²) in [7, 11) is 0. The second-order valence-electron chi connectivity index (χ2n) is 6.05. The van der Waals surface area contributed by atoms with E-state index < -0.39 is 0 Å². The van der Waals surface area contributed by atoms with Gasteiger partial charge in [0.15, 0.2) is 0 Å². The summed E-state index contributed by atoms with van der Waals surface area (Å²) in [6.45, 7) is 6.49. The number of para-hydroxylation sites is 1. The molecular weight excluding hydrogens is 296 g/mol. The largest absolute Gasteiger partial charge is 0.381 e. The fourth-order valence-electron chi connectivity index (χ4n) is 2.72. The first-order valence-electron chi connectivity index (χ1n) is 7.83. The van der Waals surface area contributed by atoms with Crippen LogP contribution in [0, 0.1) is 0 Å². The number of rotatable bonds is 5. The first kappa shape index (κ1) is 17.2. The number of ether oxygens (including phenoxy) is 1. The highest BCUT2D eigenvalue weighted by molar-refractivity contribution is 8.00. The van der Waals surface area contributed by atoms with Crippen LogP contribution in [-0.2, 0) is 4.74 Å². The number of nitrogens with one attached hydrogen (secondary N) is 2. The first-order valence-corrected chi connectivity index (χ1v) is 9.05. The molecule has 0 atom stereocenters. The van der Waals surface area contributed by atoms with E-state index in [-0.39, 0.29) is 10.8 Å². The third-order valence-corrected chi connectivity index (χ3v) is 5.66. The highest BCUT2D eigenvalue weighted by Gasteiger charge is 2.32. The van der Waals surface area contributed by atoms with E-state index in [4.69, 9.17) is 4.74 Å². The topological polar surface area (TPSA) is 50.4 Å². The maximum absolute atomic E-state index is 12.2. The molecule has 0 spiro atoms. The van der Waals surface area contributed by atoms with Gasteiger partial charge >= 0.3 is 6.03 Å². The fourth-order valence-corrected chi connectivity index (χ4v) is 3.51. The highest BCUT2D eigenvalue weighted by atomic mass is 32.2. The van der Waals surface area contributed by atoms with Gasteiger partial charge < -0.3 is 15.4 Å². The molecule has 1 saturated heterocycles. The van der Waals surface area contributed by atoms with Crippen molar-refractivity contribution in [3.8, 4) is 0 Å². The Morgan fingerprint density at radius 2 is 2.00 bits per heavy atom. The summed E-state index contributed by atoms with van der Waals surface area (Å²) in [4.78, 5) is 12.2. The van der Waals surface area contributed by atoms with Crippen molar-refractivity contribution in [3.05, 3.63) is 29.8 Å². The van der Waals surface area contributed by atoms with E-state index in [1.165, 1.54) is 0 Å². The molecule has 1 aromatic rings. The van der Waals surface area contributed by atoms with Crippen molar-refractivity contribution in [2.24, 2.45) is 0 Å². The zero-order valence-corrected chi connectivity index (χ0v) is 14.5. The van der Waals surface area contributed by atoms with Crippen molar-refractivity contribution in [1.82, 2.24) is 5.32 Å². The normalized spacial score (nSPS) is 17.3. The van der Waals surface area contributed by atoms with E-state index in [9.17, 15) is 4.79 Å². The standard InChI is InChI=1S/C17H26N2O2S/c1-13(2)14-6-4-5-7-15(14)19-16(20)18-12-17(22-3)8-10-21-11-9-17/h4-7,13H,8-12H2,1-3H3,(H2,18,19,20). The van der Waals surface area contributed by atoms with Crippen LogP contribution in [0.4, 0.5) is 10.5 Å². The molecule has 4 nitrogen and oxygen atoms in total. The van der Waals surface area contributed by atoms with Crippen molar-refractivity contribution in [2.45, 2.75) is 37.4 Å². The predicted molar refractivity (Wildman–Crippen MR) is 93.9 cm³/mol. The molecule has 0 saturated carbocycles. The van der Waals surface area contributed by atoms with Gasteiger partial charge in [0.05, 0.1) is 0 Å². The van der Waals surface area contributed by atoms with Crippen molar-refractivity contribution in [1.29, 1.82) is 0 Å². The summed E-state index contributed by atoms with van der Waals surface area (Å²) in [6.07, 6.45) is 4.08. The van der Waals surface area contributed by atoms with Crippen molar-refractivity contribution in [2.75, 3.05) is 31.3 Å². The molecule has 1 aliphatic rings. The van der Waals surface area contributed by atoms with Crippen LogP contribution in [0.25, 0.3) is 0 Å². The molecule has 1 aliphatic heterocycles. The summed E-state index contributed by atoms with van der Waals surface area (Å²) in [5.74, 6) is 0.379. The van der Waals surface area contributed by atoms with Gasteiger partial charge in [0.25, 0.3) is 0 Å². The number of hydrogen-bond acceptors (Lipinski definition) is 3. The van der Waals surface area contributed by atoms with E-state index in [0.717, 1.165) is 37.3 Å². The van der Waals surface area contributed by atoms with E-state index in [2.05, 4.69) is 36.8 Å². The summed E-state index contributed by atoms with van der Waals surface area (Å²) in [6, 6.07) is 7.83. The van der Waals surface area contributed by atoms with Crippen molar-refractivity contribution in [3.63, 3.8) is 0 Å². The average molecular weight is 322 g/mol. The Bertz CT molecular complexity index is 499. The Kier molecular flexibility index (Phi) is 6.15. The molecular formula is C17H26N2O2S. The van der Waals surface area contributed by atoms with Crippen LogP contribution in [0.1, 0.15) is 38.2 Å². The number of thioether (sulfide) groups is 1. The monoisotopic (exact) mass is 322 g/mol. The number of urea groups is 1. The van der Waals surface area contributed by atoms with Crippen molar-refractivity contribution < 1.29 is 9.53 Å². The zero-order valence-electron chi connectivity index (χ0n) is 13.6. The molecule has 2 amide bonds. The van der Waals surface area contributed by atoms with E-state index in [0.29, 0.717) is 12.5 Å². The average Bonchev–Trinajstić information content (AvgIpc) is 2.54.